The maximum atomic E-state index is 11.6. The molecule has 1 unspecified atom stereocenters. The highest BCUT2D eigenvalue weighted by atomic mass is 32.2. The van der Waals surface area contributed by atoms with E-state index in [9.17, 15) is 4.79 Å². The summed E-state index contributed by atoms with van der Waals surface area (Å²) in [6, 6.07) is 0.00283. The number of aromatic amines is 1. The molecule has 4 nitrogen and oxygen atoms in total. The van der Waals surface area contributed by atoms with Crippen molar-refractivity contribution >= 4 is 17.7 Å². The molecule has 1 rings (SSSR count). The molecule has 1 heterocycles. The van der Waals surface area contributed by atoms with Gasteiger partial charge in [-0.25, -0.2) is 4.98 Å². The van der Waals surface area contributed by atoms with Gasteiger partial charge in [-0.15, -0.1) is 0 Å². The minimum Gasteiger partial charge on any atom is -0.346 e. The lowest BCUT2D eigenvalue weighted by Crippen LogP contribution is -2.29. The van der Waals surface area contributed by atoms with Gasteiger partial charge in [0.15, 0.2) is 0 Å². The number of imidazole rings is 1. The first-order chi connectivity index (χ1) is 7.67. The molecule has 0 aromatic carbocycles. The molecule has 90 valence electrons. The molecule has 0 aliphatic heterocycles. The second-order valence-corrected chi connectivity index (χ2v) is 4.71. The van der Waals surface area contributed by atoms with Crippen LogP contribution in [0.4, 0.5) is 0 Å². The van der Waals surface area contributed by atoms with Crippen LogP contribution in [0.2, 0.25) is 0 Å². The summed E-state index contributed by atoms with van der Waals surface area (Å²) < 4.78 is 0. The fourth-order valence-electron chi connectivity index (χ4n) is 1.44. The van der Waals surface area contributed by atoms with E-state index in [2.05, 4.69) is 15.3 Å². The second kappa shape index (κ2) is 6.58. The Morgan fingerprint density at radius 2 is 2.44 bits per heavy atom. The topological polar surface area (TPSA) is 57.8 Å². The maximum absolute atomic E-state index is 11.6. The van der Waals surface area contributed by atoms with E-state index in [4.69, 9.17) is 0 Å². The van der Waals surface area contributed by atoms with Crippen molar-refractivity contribution < 1.29 is 4.79 Å². The number of nitrogens with zero attached hydrogens (tertiary/aromatic N) is 1. The van der Waals surface area contributed by atoms with E-state index in [1.165, 1.54) is 0 Å². The lowest BCUT2D eigenvalue weighted by Gasteiger charge is -2.14. The predicted molar refractivity (Wildman–Crippen MR) is 67.5 cm³/mol. The van der Waals surface area contributed by atoms with Gasteiger partial charge in [0, 0.05) is 24.1 Å². The first-order valence-electron chi connectivity index (χ1n) is 5.47. The molecule has 5 heteroatoms. The molecule has 0 bridgehead atoms. The lowest BCUT2D eigenvalue weighted by molar-refractivity contribution is -0.121. The molecule has 16 heavy (non-hydrogen) atoms. The first kappa shape index (κ1) is 13.1. The standard InChI is InChI=1S/C11H19N3OS/c1-4-9(11-12-7-8(2)13-11)14-10(15)5-6-16-3/h7,9H,4-6H2,1-3H3,(H,12,13)(H,14,15). The molecule has 1 aromatic rings. The molecule has 1 atom stereocenters. The number of hydrogen-bond donors (Lipinski definition) is 2. The Morgan fingerprint density at radius 3 is 2.94 bits per heavy atom. The Bertz CT molecular complexity index is 338. The van der Waals surface area contributed by atoms with Gasteiger partial charge in [0.2, 0.25) is 5.91 Å². The summed E-state index contributed by atoms with van der Waals surface area (Å²) in [5.74, 6) is 1.80. The fourth-order valence-corrected chi connectivity index (χ4v) is 1.82. The van der Waals surface area contributed by atoms with Crippen LogP contribution in [0.3, 0.4) is 0 Å². The van der Waals surface area contributed by atoms with Crippen LogP contribution in [0.5, 0.6) is 0 Å². The van der Waals surface area contributed by atoms with Gasteiger partial charge in [0.25, 0.3) is 0 Å². The summed E-state index contributed by atoms with van der Waals surface area (Å²) in [5, 5.41) is 2.99. The van der Waals surface area contributed by atoms with Gasteiger partial charge >= 0.3 is 0 Å². The monoisotopic (exact) mass is 241 g/mol. The maximum Gasteiger partial charge on any atom is 0.221 e. The van der Waals surface area contributed by atoms with Crippen LogP contribution in [0.15, 0.2) is 6.20 Å². The molecular formula is C11H19N3OS. The molecule has 0 fully saturated rings. The predicted octanol–water partition coefficient (Wildman–Crippen LogP) is 2.04. The third kappa shape index (κ3) is 3.89. The minimum atomic E-state index is 0.00283. The zero-order valence-corrected chi connectivity index (χ0v) is 10.9. The van der Waals surface area contributed by atoms with E-state index in [1.54, 1.807) is 18.0 Å². The quantitative estimate of drug-likeness (QED) is 0.801. The number of carbonyl (C=O) groups is 1. The molecule has 2 N–H and O–H groups in total. The molecule has 0 aliphatic carbocycles. The van der Waals surface area contributed by atoms with Gasteiger partial charge in [-0.2, -0.15) is 11.8 Å². The zero-order valence-electron chi connectivity index (χ0n) is 10.0. The van der Waals surface area contributed by atoms with E-state index in [0.717, 1.165) is 23.7 Å². The summed E-state index contributed by atoms with van der Waals surface area (Å²) in [4.78, 5) is 19.0. The third-order valence-electron chi connectivity index (χ3n) is 2.33. The van der Waals surface area contributed by atoms with Gasteiger partial charge < -0.3 is 10.3 Å². The summed E-state index contributed by atoms with van der Waals surface area (Å²) >= 11 is 1.68. The van der Waals surface area contributed by atoms with Gasteiger partial charge in [0.1, 0.15) is 5.82 Å². The number of rotatable bonds is 6. The van der Waals surface area contributed by atoms with Crippen molar-refractivity contribution in [1.82, 2.24) is 15.3 Å². The number of thioether (sulfide) groups is 1. The molecule has 1 amide bonds. The van der Waals surface area contributed by atoms with Crippen LogP contribution < -0.4 is 5.32 Å². The normalized spacial score (nSPS) is 12.4. The Balaban J connectivity index is 2.52. The van der Waals surface area contributed by atoms with Crippen molar-refractivity contribution in [2.75, 3.05) is 12.0 Å². The number of carbonyl (C=O) groups excluding carboxylic acids is 1. The van der Waals surface area contributed by atoms with Gasteiger partial charge in [-0.1, -0.05) is 6.92 Å². The van der Waals surface area contributed by atoms with Gasteiger partial charge in [0.05, 0.1) is 6.04 Å². The molecular weight excluding hydrogens is 222 g/mol. The minimum absolute atomic E-state index is 0.00283. The number of aromatic nitrogens is 2. The average Bonchev–Trinajstić information content (AvgIpc) is 2.69. The SMILES string of the molecule is CCC(NC(=O)CCSC)c1ncc(C)[nH]1. The van der Waals surface area contributed by atoms with Crippen molar-refractivity contribution in [3.05, 3.63) is 17.7 Å². The highest BCUT2D eigenvalue weighted by Crippen LogP contribution is 2.13. The number of nitrogens with one attached hydrogen (secondary N) is 2. The van der Waals surface area contributed by atoms with Crippen LogP contribution in [0.1, 0.15) is 37.3 Å². The third-order valence-corrected chi connectivity index (χ3v) is 2.94. The van der Waals surface area contributed by atoms with E-state index in [1.807, 2.05) is 20.1 Å². The number of amides is 1. The van der Waals surface area contributed by atoms with Crippen LogP contribution in [-0.2, 0) is 4.79 Å². The van der Waals surface area contributed by atoms with Gasteiger partial charge in [-0.05, 0) is 19.6 Å². The Morgan fingerprint density at radius 1 is 1.69 bits per heavy atom. The summed E-state index contributed by atoms with van der Waals surface area (Å²) in [6.07, 6.45) is 5.20. The molecule has 0 radical (unpaired) electrons. The first-order valence-corrected chi connectivity index (χ1v) is 6.86. The molecule has 0 saturated carbocycles. The van der Waals surface area contributed by atoms with E-state index in [-0.39, 0.29) is 11.9 Å². The van der Waals surface area contributed by atoms with Crippen LogP contribution in [0, 0.1) is 6.92 Å². The lowest BCUT2D eigenvalue weighted by atomic mass is 10.2. The number of H-pyrrole nitrogens is 1. The largest absolute Gasteiger partial charge is 0.346 e. The van der Waals surface area contributed by atoms with Crippen LogP contribution in [0.25, 0.3) is 0 Å². The summed E-state index contributed by atoms with van der Waals surface area (Å²) in [7, 11) is 0. The summed E-state index contributed by atoms with van der Waals surface area (Å²) in [6.45, 7) is 4.00. The van der Waals surface area contributed by atoms with E-state index in [0.29, 0.717) is 6.42 Å². The van der Waals surface area contributed by atoms with Crippen LogP contribution >= 0.6 is 11.8 Å². The number of aryl methyl sites for hydroxylation is 1. The highest BCUT2D eigenvalue weighted by Gasteiger charge is 2.14. The summed E-state index contributed by atoms with van der Waals surface area (Å²) in [5.41, 5.74) is 1.02. The fraction of sp³-hybridized carbons (Fsp3) is 0.636. The van der Waals surface area contributed by atoms with E-state index >= 15 is 0 Å². The zero-order chi connectivity index (χ0) is 12.0. The van der Waals surface area contributed by atoms with Crippen molar-refractivity contribution in [1.29, 1.82) is 0 Å². The van der Waals surface area contributed by atoms with Crippen molar-refractivity contribution in [3.8, 4) is 0 Å². The molecule has 0 spiro atoms. The van der Waals surface area contributed by atoms with Crippen LogP contribution in [-0.4, -0.2) is 27.9 Å². The molecule has 1 aromatic heterocycles. The number of hydrogen-bond acceptors (Lipinski definition) is 3. The van der Waals surface area contributed by atoms with Gasteiger partial charge in [-0.3, -0.25) is 4.79 Å². The van der Waals surface area contributed by atoms with Crippen molar-refractivity contribution in [2.24, 2.45) is 0 Å². The molecule has 0 saturated heterocycles. The highest BCUT2D eigenvalue weighted by molar-refractivity contribution is 7.98. The molecule has 0 aliphatic rings. The smallest absolute Gasteiger partial charge is 0.221 e. The van der Waals surface area contributed by atoms with Crippen molar-refractivity contribution in [3.63, 3.8) is 0 Å². The Kier molecular flexibility index (Phi) is 5.38. The Hall–Kier alpha value is -0.970. The Labute approximate surface area is 101 Å². The van der Waals surface area contributed by atoms with E-state index < -0.39 is 0 Å². The van der Waals surface area contributed by atoms with Crippen molar-refractivity contribution in [2.45, 2.75) is 32.7 Å². The second-order valence-electron chi connectivity index (χ2n) is 3.72. The average molecular weight is 241 g/mol.